The van der Waals surface area contributed by atoms with Crippen LogP contribution in [-0.4, -0.2) is 24.5 Å². The average molecular weight is 273 g/mol. The lowest BCUT2D eigenvalue weighted by Crippen LogP contribution is -2.10. The van der Waals surface area contributed by atoms with E-state index in [9.17, 15) is 4.57 Å². The normalized spacial score (nSPS) is 15.4. The number of rotatable bonds is 7. The molecule has 0 aromatic heterocycles. The minimum atomic E-state index is -3.14. The van der Waals surface area contributed by atoms with Gasteiger partial charge in [0.1, 0.15) is 4.99 Å². The first-order valence-corrected chi connectivity index (χ1v) is 8.06. The largest absolute Gasteiger partial charge is 0.348 e. The molecule has 0 rings (SSSR count). The lowest BCUT2D eigenvalue weighted by molar-refractivity contribution is 0.220. The van der Waals surface area contributed by atoms with Crippen LogP contribution < -0.4 is 0 Å². The fourth-order valence-corrected chi connectivity index (χ4v) is 4.97. The maximum atomic E-state index is 12.4. The second-order valence-corrected chi connectivity index (χ2v) is 6.48. The molecule has 1 atom stereocenters. The predicted octanol–water partition coefficient (Wildman–Crippen LogP) is 4.08. The van der Waals surface area contributed by atoms with E-state index < -0.39 is 12.6 Å². The van der Waals surface area contributed by atoms with Crippen LogP contribution in [0.1, 0.15) is 20.8 Å². The number of hydrogen-bond donors (Lipinski definition) is 0. The van der Waals surface area contributed by atoms with Crippen LogP contribution in [0.25, 0.3) is 0 Å². The molecule has 90 valence electrons. The van der Waals surface area contributed by atoms with Crippen LogP contribution in [0.5, 0.6) is 0 Å². The summed E-state index contributed by atoms with van der Waals surface area (Å²) in [6.07, 6.45) is 3.55. The van der Waals surface area contributed by atoms with Crippen LogP contribution in [0.3, 0.4) is 0 Å². The van der Waals surface area contributed by atoms with E-state index in [4.69, 9.17) is 20.6 Å². The second kappa shape index (κ2) is 7.75. The van der Waals surface area contributed by atoms with Gasteiger partial charge in [0.15, 0.2) is 0 Å². The monoisotopic (exact) mass is 272 g/mol. The Bertz CT molecular complexity index is 248. The van der Waals surface area contributed by atoms with Gasteiger partial charge in [-0.3, -0.25) is 4.57 Å². The van der Waals surface area contributed by atoms with Crippen LogP contribution in [0.2, 0.25) is 0 Å². The lowest BCUT2D eigenvalue weighted by atomic mass is 10.6. The van der Waals surface area contributed by atoms with Crippen molar-refractivity contribution in [3.8, 4) is 0 Å². The summed E-state index contributed by atoms with van der Waals surface area (Å²) in [5.41, 5.74) is 0. The maximum absolute atomic E-state index is 12.4. The third-order valence-electron chi connectivity index (χ3n) is 1.64. The first-order valence-electron chi connectivity index (χ1n) is 4.79. The third kappa shape index (κ3) is 4.49. The van der Waals surface area contributed by atoms with Crippen LogP contribution in [0.15, 0.2) is 11.1 Å². The van der Waals surface area contributed by atoms with Crippen molar-refractivity contribution in [2.75, 3.05) is 19.5 Å². The molecule has 0 aliphatic carbocycles. The summed E-state index contributed by atoms with van der Waals surface area (Å²) in [4.78, 5) is -0.427. The lowest BCUT2D eigenvalue weighted by Gasteiger charge is -2.24. The van der Waals surface area contributed by atoms with E-state index in [2.05, 4.69) is 0 Å². The predicted molar refractivity (Wildman–Crippen MR) is 67.8 cm³/mol. The summed E-state index contributed by atoms with van der Waals surface area (Å²) in [5.74, 6) is 0. The molecule has 0 saturated carbocycles. The molecule has 0 aromatic carbocycles. The quantitative estimate of drug-likeness (QED) is 0.654. The Morgan fingerprint density at radius 1 is 1.47 bits per heavy atom. The minimum absolute atomic E-state index is 0.349. The molecule has 3 nitrogen and oxygen atoms in total. The van der Waals surface area contributed by atoms with Crippen LogP contribution in [0.4, 0.5) is 0 Å². The van der Waals surface area contributed by atoms with Gasteiger partial charge in [-0.25, -0.2) is 0 Å². The molecule has 0 aliphatic heterocycles. The molecule has 0 spiro atoms. The summed E-state index contributed by atoms with van der Waals surface area (Å²) in [6.45, 7) is 6.07. The molecule has 1 unspecified atom stereocenters. The first kappa shape index (κ1) is 15.5. The Morgan fingerprint density at radius 2 is 1.93 bits per heavy atom. The number of hydrogen-bond acceptors (Lipinski definition) is 4. The molecular weight excluding hydrogens is 255 g/mol. The van der Waals surface area contributed by atoms with E-state index in [-0.39, 0.29) is 0 Å². The van der Waals surface area contributed by atoms with Gasteiger partial charge in [-0.05, 0) is 27.0 Å². The van der Waals surface area contributed by atoms with E-state index in [0.29, 0.717) is 18.2 Å². The molecule has 15 heavy (non-hydrogen) atoms. The Kier molecular flexibility index (Phi) is 8.02. The SMILES string of the molecule is CC=C(Cl)C(SC)P(=O)(OCC)OCC. The zero-order chi connectivity index (χ0) is 11.9. The molecule has 0 heterocycles. The standard InChI is InChI=1S/C9H18ClO3PS/c1-5-8(10)9(15-4)14(11,12-6-2)13-7-3/h5,9H,6-7H2,1-4H3. The van der Waals surface area contributed by atoms with E-state index in [0.717, 1.165) is 0 Å². The van der Waals surface area contributed by atoms with E-state index in [1.165, 1.54) is 11.8 Å². The van der Waals surface area contributed by atoms with Crippen molar-refractivity contribution < 1.29 is 13.6 Å². The van der Waals surface area contributed by atoms with Gasteiger partial charge in [0.25, 0.3) is 0 Å². The van der Waals surface area contributed by atoms with Gasteiger partial charge in [0, 0.05) is 5.03 Å². The van der Waals surface area contributed by atoms with Crippen molar-refractivity contribution in [1.29, 1.82) is 0 Å². The van der Waals surface area contributed by atoms with Crippen LogP contribution in [0, 0.1) is 0 Å². The van der Waals surface area contributed by atoms with Gasteiger partial charge in [-0.15, -0.1) is 11.8 Å². The Labute approximate surface area is 101 Å². The fraction of sp³-hybridized carbons (Fsp3) is 0.778. The number of allylic oxidation sites excluding steroid dienone is 1. The summed E-state index contributed by atoms with van der Waals surface area (Å²) < 4.78 is 22.8. The van der Waals surface area contributed by atoms with Crippen molar-refractivity contribution in [2.45, 2.75) is 25.8 Å². The summed E-state index contributed by atoms with van der Waals surface area (Å²) >= 11 is 7.37. The molecule has 0 aromatic rings. The highest BCUT2D eigenvalue weighted by Crippen LogP contribution is 2.59. The Morgan fingerprint density at radius 3 is 2.20 bits per heavy atom. The zero-order valence-corrected chi connectivity index (χ0v) is 12.0. The highest BCUT2D eigenvalue weighted by Gasteiger charge is 2.36. The summed E-state index contributed by atoms with van der Waals surface area (Å²) in [6, 6.07) is 0. The maximum Gasteiger partial charge on any atom is 0.348 e. The average Bonchev–Trinajstić information content (AvgIpc) is 2.19. The second-order valence-electron chi connectivity index (χ2n) is 2.64. The molecule has 6 heteroatoms. The number of thioether (sulfide) groups is 1. The molecule has 0 bridgehead atoms. The molecule has 0 aliphatic rings. The smallest absolute Gasteiger partial charge is 0.308 e. The van der Waals surface area contributed by atoms with Crippen LogP contribution >= 0.6 is 31.0 Å². The highest BCUT2D eigenvalue weighted by atomic mass is 35.5. The molecule has 0 saturated heterocycles. The molecule has 0 fully saturated rings. The van der Waals surface area contributed by atoms with Gasteiger partial charge in [-0.1, -0.05) is 17.7 Å². The van der Waals surface area contributed by atoms with Gasteiger partial charge < -0.3 is 9.05 Å². The number of halogens is 1. The van der Waals surface area contributed by atoms with Gasteiger partial charge in [0.05, 0.1) is 13.2 Å². The van der Waals surface area contributed by atoms with Gasteiger partial charge in [0.2, 0.25) is 0 Å². The third-order valence-corrected chi connectivity index (χ3v) is 6.55. The van der Waals surface area contributed by atoms with E-state index >= 15 is 0 Å². The highest BCUT2D eigenvalue weighted by molar-refractivity contribution is 8.05. The van der Waals surface area contributed by atoms with Gasteiger partial charge >= 0.3 is 7.60 Å². The van der Waals surface area contributed by atoms with Crippen molar-refractivity contribution in [3.05, 3.63) is 11.1 Å². The van der Waals surface area contributed by atoms with Crippen LogP contribution in [-0.2, 0) is 13.6 Å². The first-order chi connectivity index (χ1) is 7.05. The summed E-state index contributed by atoms with van der Waals surface area (Å²) in [5, 5.41) is 0.507. The Balaban J connectivity index is 4.93. The molecule has 0 amide bonds. The summed E-state index contributed by atoms with van der Waals surface area (Å²) in [7, 11) is -3.14. The van der Waals surface area contributed by atoms with Crippen molar-refractivity contribution >= 4 is 31.0 Å². The fourth-order valence-electron chi connectivity index (χ4n) is 1.07. The molecule has 0 radical (unpaired) electrons. The van der Waals surface area contributed by atoms with Crippen molar-refractivity contribution in [2.24, 2.45) is 0 Å². The minimum Gasteiger partial charge on any atom is -0.308 e. The van der Waals surface area contributed by atoms with E-state index in [1.54, 1.807) is 26.8 Å². The van der Waals surface area contributed by atoms with E-state index in [1.807, 2.05) is 6.26 Å². The van der Waals surface area contributed by atoms with Crippen molar-refractivity contribution in [3.63, 3.8) is 0 Å². The van der Waals surface area contributed by atoms with Gasteiger partial charge in [-0.2, -0.15) is 0 Å². The molecular formula is C9H18ClO3PS. The molecule has 0 N–H and O–H groups in total. The Hall–Kier alpha value is 0.530. The van der Waals surface area contributed by atoms with Crippen molar-refractivity contribution in [1.82, 2.24) is 0 Å². The zero-order valence-electron chi connectivity index (χ0n) is 9.53. The topological polar surface area (TPSA) is 35.5 Å².